The summed E-state index contributed by atoms with van der Waals surface area (Å²) in [6.45, 7) is 2.01. The molecule has 1 amide bonds. The van der Waals surface area contributed by atoms with Crippen LogP contribution in [0.3, 0.4) is 0 Å². The van der Waals surface area contributed by atoms with Crippen LogP contribution in [0, 0.1) is 23.2 Å². The molecule has 2 N–H and O–H groups in total. The largest absolute Gasteiger partial charge is 0.481 e. The molecule has 4 heteroatoms. The first-order chi connectivity index (χ1) is 8.99. The van der Waals surface area contributed by atoms with Gasteiger partial charge >= 0.3 is 5.97 Å². The molecule has 1 unspecified atom stereocenters. The van der Waals surface area contributed by atoms with Crippen molar-refractivity contribution in [3.8, 4) is 0 Å². The topological polar surface area (TPSA) is 66.4 Å². The Kier molecular flexibility index (Phi) is 2.91. The fourth-order valence-corrected chi connectivity index (χ4v) is 3.89. The Morgan fingerprint density at radius 3 is 2.53 bits per heavy atom. The van der Waals surface area contributed by atoms with E-state index in [0.29, 0.717) is 11.8 Å². The van der Waals surface area contributed by atoms with Crippen LogP contribution in [0.4, 0.5) is 0 Å². The Balaban J connectivity index is 1.56. The van der Waals surface area contributed by atoms with Crippen molar-refractivity contribution in [3.05, 3.63) is 12.2 Å². The number of hydrogen-bond donors (Lipinski definition) is 2. The summed E-state index contributed by atoms with van der Waals surface area (Å²) in [5.74, 6) is 0.177. The van der Waals surface area contributed by atoms with E-state index in [-0.39, 0.29) is 23.3 Å². The average Bonchev–Trinajstić information content (AvgIpc) is 2.91. The molecule has 0 radical (unpaired) electrons. The van der Waals surface area contributed by atoms with Crippen molar-refractivity contribution in [1.82, 2.24) is 5.32 Å². The average molecular weight is 263 g/mol. The van der Waals surface area contributed by atoms with Crippen molar-refractivity contribution in [3.63, 3.8) is 0 Å². The molecule has 0 aromatic carbocycles. The number of allylic oxidation sites excluding steroid dienone is 2. The molecular formula is C15H21NO3. The molecule has 3 aliphatic rings. The third-order valence-corrected chi connectivity index (χ3v) is 5.34. The molecule has 0 saturated heterocycles. The number of nitrogens with one attached hydrogen (secondary N) is 1. The Labute approximate surface area is 113 Å². The molecule has 4 atom stereocenters. The number of carboxylic acid groups (broad SMARTS) is 1. The molecular weight excluding hydrogens is 242 g/mol. The van der Waals surface area contributed by atoms with Crippen molar-refractivity contribution < 1.29 is 14.7 Å². The van der Waals surface area contributed by atoms with E-state index in [1.165, 1.54) is 0 Å². The van der Waals surface area contributed by atoms with Crippen molar-refractivity contribution in [2.45, 2.75) is 45.1 Å². The number of carboxylic acids is 1. The number of amides is 1. The second kappa shape index (κ2) is 4.36. The Morgan fingerprint density at radius 1 is 1.21 bits per heavy atom. The minimum absolute atomic E-state index is 0.139. The van der Waals surface area contributed by atoms with Gasteiger partial charge in [0, 0.05) is 6.04 Å². The van der Waals surface area contributed by atoms with Crippen LogP contribution in [0.1, 0.15) is 39.0 Å². The van der Waals surface area contributed by atoms with Crippen LogP contribution < -0.4 is 5.32 Å². The molecule has 104 valence electrons. The molecule has 2 fully saturated rings. The van der Waals surface area contributed by atoms with Gasteiger partial charge in [-0.25, -0.2) is 0 Å². The fraction of sp³-hybridized carbons (Fsp3) is 0.733. The van der Waals surface area contributed by atoms with E-state index >= 15 is 0 Å². The number of carbonyl (C=O) groups excluding carboxylic acids is 1. The van der Waals surface area contributed by atoms with Crippen molar-refractivity contribution in [2.75, 3.05) is 0 Å². The number of carbonyl (C=O) groups is 2. The van der Waals surface area contributed by atoms with Gasteiger partial charge in [-0.15, -0.1) is 0 Å². The smallest absolute Gasteiger partial charge is 0.306 e. The first kappa shape index (κ1) is 12.7. The Bertz CT molecular complexity index is 435. The summed E-state index contributed by atoms with van der Waals surface area (Å²) in [6, 6.07) is 0.208. The molecule has 0 bridgehead atoms. The summed E-state index contributed by atoms with van der Waals surface area (Å²) in [5.41, 5.74) is -0.282. The van der Waals surface area contributed by atoms with Gasteiger partial charge in [0.25, 0.3) is 0 Å². The van der Waals surface area contributed by atoms with E-state index in [4.69, 9.17) is 5.11 Å². The number of rotatable bonds is 3. The van der Waals surface area contributed by atoms with Crippen LogP contribution in [0.5, 0.6) is 0 Å². The van der Waals surface area contributed by atoms with Gasteiger partial charge in [0.05, 0.1) is 11.3 Å². The summed E-state index contributed by atoms with van der Waals surface area (Å²) >= 11 is 0. The number of fused-ring (bicyclic) bond motifs is 1. The SMILES string of the molecule is CC1(C(=O)N[C@@H]2C[C@@H]3CC(C(=O)O)C[C@@H]32)CC=CC1. The van der Waals surface area contributed by atoms with Crippen molar-refractivity contribution in [2.24, 2.45) is 23.2 Å². The monoisotopic (exact) mass is 263 g/mol. The predicted octanol–water partition coefficient (Wildman–Crippen LogP) is 1.96. The van der Waals surface area contributed by atoms with Gasteiger partial charge in [-0.1, -0.05) is 19.1 Å². The second-order valence-electron chi connectivity index (χ2n) is 6.69. The lowest BCUT2D eigenvalue weighted by Gasteiger charge is -2.42. The first-order valence-electron chi connectivity index (χ1n) is 7.18. The molecule has 0 aromatic heterocycles. The Hall–Kier alpha value is -1.32. The van der Waals surface area contributed by atoms with Crippen LogP contribution >= 0.6 is 0 Å². The zero-order valence-corrected chi connectivity index (χ0v) is 11.3. The number of aliphatic carboxylic acids is 1. The van der Waals surface area contributed by atoms with Gasteiger partial charge in [0.1, 0.15) is 0 Å². The van der Waals surface area contributed by atoms with Crippen LogP contribution in [0.15, 0.2) is 12.2 Å². The van der Waals surface area contributed by atoms with Gasteiger partial charge in [0.15, 0.2) is 0 Å². The van der Waals surface area contributed by atoms with Crippen molar-refractivity contribution in [1.29, 1.82) is 0 Å². The van der Waals surface area contributed by atoms with Gasteiger partial charge < -0.3 is 10.4 Å². The lowest BCUT2D eigenvalue weighted by molar-refractivity contribution is -0.141. The maximum atomic E-state index is 12.3. The summed E-state index contributed by atoms with van der Waals surface area (Å²) in [6.07, 6.45) is 8.27. The first-order valence-corrected chi connectivity index (χ1v) is 7.18. The zero-order chi connectivity index (χ0) is 13.6. The summed E-state index contributed by atoms with van der Waals surface area (Å²) < 4.78 is 0. The van der Waals surface area contributed by atoms with Gasteiger partial charge in [-0.3, -0.25) is 9.59 Å². The fourth-order valence-electron chi connectivity index (χ4n) is 3.89. The molecule has 0 spiro atoms. The molecule has 2 saturated carbocycles. The number of hydrogen-bond acceptors (Lipinski definition) is 2. The second-order valence-corrected chi connectivity index (χ2v) is 6.69. The third-order valence-electron chi connectivity index (χ3n) is 5.34. The molecule has 4 nitrogen and oxygen atoms in total. The third kappa shape index (κ3) is 2.07. The van der Waals surface area contributed by atoms with Crippen LogP contribution in [-0.4, -0.2) is 23.0 Å². The predicted molar refractivity (Wildman–Crippen MR) is 70.4 cm³/mol. The molecule has 3 aliphatic carbocycles. The highest BCUT2D eigenvalue weighted by Gasteiger charge is 2.50. The zero-order valence-electron chi connectivity index (χ0n) is 11.3. The highest BCUT2D eigenvalue weighted by Crippen LogP contribution is 2.50. The van der Waals surface area contributed by atoms with Gasteiger partial charge in [-0.05, 0) is 43.9 Å². The summed E-state index contributed by atoms with van der Waals surface area (Å²) in [4.78, 5) is 23.3. The summed E-state index contributed by atoms with van der Waals surface area (Å²) in [7, 11) is 0. The van der Waals surface area contributed by atoms with E-state index in [2.05, 4.69) is 17.5 Å². The van der Waals surface area contributed by atoms with Crippen LogP contribution in [0.2, 0.25) is 0 Å². The minimum atomic E-state index is -0.675. The molecule has 0 heterocycles. The molecule has 0 aromatic rings. The van der Waals surface area contributed by atoms with E-state index in [1.807, 2.05) is 6.92 Å². The highest BCUT2D eigenvalue weighted by molar-refractivity contribution is 5.83. The van der Waals surface area contributed by atoms with E-state index in [9.17, 15) is 9.59 Å². The van der Waals surface area contributed by atoms with Crippen LogP contribution in [0.25, 0.3) is 0 Å². The molecule has 0 aliphatic heterocycles. The lowest BCUT2D eigenvalue weighted by atomic mass is 9.71. The molecule has 19 heavy (non-hydrogen) atoms. The van der Waals surface area contributed by atoms with Crippen molar-refractivity contribution >= 4 is 11.9 Å². The highest BCUT2D eigenvalue weighted by atomic mass is 16.4. The van der Waals surface area contributed by atoms with E-state index < -0.39 is 5.97 Å². The summed E-state index contributed by atoms with van der Waals surface area (Å²) in [5, 5.41) is 12.2. The van der Waals surface area contributed by atoms with Gasteiger partial charge in [-0.2, -0.15) is 0 Å². The normalized spacial score (nSPS) is 38.6. The molecule has 3 rings (SSSR count). The Morgan fingerprint density at radius 2 is 1.89 bits per heavy atom. The lowest BCUT2D eigenvalue weighted by Crippen LogP contribution is -2.53. The van der Waals surface area contributed by atoms with E-state index in [0.717, 1.165) is 32.1 Å². The van der Waals surface area contributed by atoms with Gasteiger partial charge in [0.2, 0.25) is 5.91 Å². The quantitative estimate of drug-likeness (QED) is 0.765. The van der Waals surface area contributed by atoms with E-state index in [1.54, 1.807) is 0 Å². The minimum Gasteiger partial charge on any atom is -0.481 e. The van der Waals surface area contributed by atoms with Crippen LogP contribution in [-0.2, 0) is 9.59 Å². The standard InChI is InChI=1S/C15H21NO3/c1-15(4-2-3-5-15)14(19)16-12-8-9-6-10(13(17)18)7-11(9)12/h2-3,9-12H,4-8H2,1H3,(H,16,19)(H,17,18)/t9-,10?,11-,12+/m0/s1. The maximum absolute atomic E-state index is 12.3. The maximum Gasteiger partial charge on any atom is 0.306 e.